The van der Waals surface area contributed by atoms with Crippen LogP contribution in [0.4, 0.5) is 0 Å². The Morgan fingerprint density at radius 2 is 1.87 bits per heavy atom. The second kappa shape index (κ2) is 5.47. The van der Waals surface area contributed by atoms with E-state index in [1.54, 1.807) is 0 Å². The molecule has 128 valence electrons. The fourth-order valence-corrected chi connectivity index (χ4v) is 8.04. The van der Waals surface area contributed by atoms with E-state index < -0.39 is 9.84 Å². The van der Waals surface area contributed by atoms with Crippen molar-refractivity contribution in [1.29, 1.82) is 0 Å². The quantitative estimate of drug-likeness (QED) is 0.644. The van der Waals surface area contributed by atoms with Gasteiger partial charge in [0, 0.05) is 0 Å². The van der Waals surface area contributed by atoms with Crippen LogP contribution in [0, 0.1) is 17.3 Å². The largest absolute Gasteiger partial charge is 0.228 e. The summed E-state index contributed by atoms with van der Waals surface area (Å²) in [5, 5.41) is -0.272. The highest BCUT2D eigenvalue weighted by Gasteiger charge is 2.48. The van der Waals surface area contributed by atoms with Gasteiger partial charge in [0.25, 0.3) is 0 Å². The van der Waals surface area contributed by atoms with Crippen LogP contribution < -0.4 is 0 Å². The zero-order chi connectivity index (χ0) is 16.2. The maximum absolute atomic E-state index is 12.8. The average Bonchev–Trinajstić information content (AvgIpc) is 2.94. The van der Waals surface area contributed by atoms with E-state index in [1.165, 1.54) is 55.2 Å². The monoisotopic (exact) mass is 334 g/mol. The predicted molar refractivity (Wildman–Crippen MR) is 95.0 cm³/mol. The van der Waals surface area contributed by atoms with E-state index in [1.807, 2.05) is 0 Å². The van der Waals surface area contributed by atoms with Gasteiger partial charge in [0.2, 0.25) is 0 Å². The van der Waals surface area contributed by atoms with Gasteiger partial charge in [0.1, 0.15) is 5.25 Å². The van der Waals surface area contributed by atoms with Crippen LogP contribution in [-0.4, -0.2) is 19.4 Å². The molecular formula is C20H30O2S. The van der Waals surface area contributed by atoms with Gasteiger partial charge in [-0.2, -0.15) is 0 Å². The van der Waals surface area contributed by atoms with Gasteiger partial charge >= 0.3 is 0 Å². The molecule has 0 N–H and O–H groups in total. The summed E-state index contributed by atoms with van der Waals surface area (Å²) in [6.07, 6.45) is 12.9. The molecule has 0 spiro atoms. The Bertz CT molecular complexity index is 670. The summed E-state index contributed by atoms with van der Waals surface area (Å²) in [5.41, 5.74) is 4.44. The number of hydrogen-bond donors (Lipinski definition) is 0. The SMILES string of the molecule is C[C@H]1CCC2/C(=C/C3C4=C(CCCC4)CS3(=O)=O)CCC[C@@]21C. The lowest BCUT2D eigenvalue weighted by Gasteiger charge is -2.41. The van der Waals surface area contributed by atoms with Crippen molar-refractivity contribution < 1.29 is 8.42 Å². The van der Waals surface area contributed by atoms with Crippen LogP contribution in [0.2, 0.25) is 0 Å². The summed E-state index contributed by atoms with van der Waals surface area (Å²) >= 11 is 0. The lowest BCUT2D eigenvalue weighted by atomic mass is 9.64. The third kappa shape index (κ3) is 2.45. The number of allylic oxidation sites excluding steroid dienone is 1. The molecule has 0 aromatic heterocycles. The molecule has 4 atom stereocenters. The van der Waals surface area contributed by atoms with Gasteiger partial charge in [0.15, 0.2) is 9.84 Å². The van der Waals surface area contributed by atoms with Crippen molar-refractivity contribution in [3.8, 4) is 0 Å². The first-order valence-corrected chi connectivity index (χ1v) is 11.3. The fraction of sp³-hybridized carbons (Fsp3) is 0.800. The van der Waals surface area contributed by atoms with Crippen LogP contribution in [0.3, 0.4) is 0 Å². The zero-order valence-corrected chi connectivity index (χ0v) is 15.4. The van der Waals surface area contributed by atoms with Crippen molar-refractivity contribution >= 4 is 9.84 Å². The Balaban J connectivity index is 1.70. The van der Waals surface area contributed by atoms with E-state index in [4.69, 9.17) is 0 Å². The molecule has 4 rings (SSSR count). The molecule has 2 unspecified atom stereocenters. The van der Waals surface area contributed by atoms with E-state index in [2.05, 4.69) is 19.9 Å². The molecule has 2 saturated carbocycles. The minimum absolute atomic E-state index is 0.272. The molecule has 0 aromatic rings. The number of hydrogen-bond acceptors (Lipinski definition) is 2. The molecule has 3 aliphatic carbocycles. The van der Waals surface area contributed by atoms with Crippen LogP contribution in [-0.2, 0) is 9.84 Å². The molecule has 1 aliphatic heterocycles. The van der Waals surface area contributed by atoms with Crippen LogP contribution in [0.1, 0.15) is 71.6 Å². The average molecular weight is 335 g/mol. The van der Waals surface area contributed by atoms with Gasteiger partial charge < -0.3 is 0 Å². The summed E-state index contributed by atoms with van der Waals surface area (Å²) in [6.45, 7) is 4.85. The van der Waals surface area contributed by atoms with Crippen molar-refractivity contribution in [2.75, 3.05) is 5.75 Å². The van der Waals surface area contributed by atoms with Gasteiger partial charge in [-0.15, -0.1) is 0 Å². The highest BCUT2D eigenvalue weighted by molar-refractivity contribution is 7.92. The van der Waals surface area contributed by atoms with Gasteiger partial charge in [-0.25, -0.2) is 8.42 Å². The van der Waals surface area contributed by atoms with Crippen molar-refractivity contribution in [2.45, 2.75) is 76.9 Å². The number of rotatable bonds is 1. The van der Waals surface area contributed by atoms with Crippen LogP contribution in [0.15, 0.2) is 22.8 Å². The molecule has 0 amide bonds. The third-order valence-corrected chi connectivity index (χ3v) is 9.48. The third-order valence-electron chi connectivity index (χ3n) is 7.54. The van der Waals surface area contributed by atoms with E-state index in [0.717, 1.165) is 25.2 Å². The Kier molecular flexibility index (Phi) is 3.79. The molecule has 1 heterocycles. The Morgan fingerprint density at radius 3 is 2.70 bits per heavy atom. The summed E-state index contributed by atoms with van der Waals surface area (Å²) in [7, 11) is -2.98. The molecule has 23 heavy (non-hydrogen) atoms. The standard InChI is InChI=1S/C20H30O2S/c1-14-9-10-18-15(7-5-11-20(14,18)2)12-19-17-8-4-3-6-16(17)13-23(19,21)22/h12,14,18-19H,3-11,13H2,1-2H3/b15-12+/t14-,18?,19?,20+/m0/s1. The molecule has 2 nitrogen and oxygen atoms in total. The minimum Gasteiger partial charge on any atom is -0.228 e. The van der Waals surface area contributed by atoms with E-state index in [-0.39, 0.29) is 5.25 Å². The molecule has 0 aromatic carbocycles. The van der Waals surface area contributed by atoms with Crippen LogP contribution in [0.5, 0.6) is 0 Å². The maximum Gasteiger partial charge on any atom is 0.164 e. The molecule has 2 fully saturated rings. The summed E-state index contributed by atoms with van der Waals surface area (Å²) in [6, 6.07) is 0. The molecule has 0 bridgehead atoms. The highest BCUT2D eigenvalue weighted by atomic mass is 32.2. The first-order valence-electron chi connectivity index (χ1n) is 9.55. The summed E-state index contributed by atoms with van der Waals surface area (Å²) < 4.78 is 25.5. The van der Waals surface area contributed by atoms with Gasteiger partial charge in [-0.1, -0.05) is 31.1 Å². The summed E-state index contributed by atoms with van der Waals surface area (Å²) in [4.78, 5) is 0. The smallest absolute Gasteiger partial charge is 0.164 e. The van der Waals surface area contributed by atoms with E-state index in [0.29, 0.717) is 17.1 Å². The van der Waals surface area contributed by atoms with Crippen molar-refractivity contribution in [1.82, 2.24) is 0 Å². The first-order chi connectivity index (χ1) is 10.9. The van der Waals surface area contributed by atoms with E-state index in [9.17, 15) is 8.42 Å². The first kappa shape index (κ1) is 15.9. The molecule has 4 aliphatic rings. The fourth-order valence-electron chi connectivity index (χ4n) is 5.94. The second-order valence-electron chi connectivity index (χ2n) is 8.70. The molecule has 0 radical (unpaired) electrons. The Labute approximate surface area is 141 Å². The van der Waals surface area contributed by atoms with Crippen LogP contribution in [0.25, 0.3) is 0 Å². The minimum atomic E-state index is -2.98. The predicted octanol–water partition coefficient (Wildman–Crippen LogP) is 4.82. The molecule has 3 heteroatoms. The number of sulfone groups is 1. The van der Waals surface area contributed by atoms with Crippen molar-refractivity contribution in [2.24, 2.45) is 17.3 Å². The van der Waals surface area contributed by atoms with Crippen molar-refractivity contribution in [3.63, 3.8) is 0 Å². The zero-order valence-electron chi connectivity index (χ0n) is 14.6. The van der Waals surface area contributed by atoms with Gasteiger partial charge in [-0.05, 0) is 80.6 Å². The molecule has 0 saturated heterocycles. The van der Waals surface area contributed by atoms with Gasteiger partial charge in [-0.3, -0.25) is 0 Å². The van der Waals surface area contributed by atoms with Crippen molar-refractivity contribution in [3.05, 3.63) is 22.8 Å². The maximum atomic E-state index is 12.8. The molecular weight excluding hydrogens is 304 g/mol. The topological polar surface area (TPSA) is 34.1 Å². The lowest BCUT2D eigenvalue weighted by Crippen LogP contribution is -2.33. The Morgan fingerprint density at radius 1 is 1.09 bits per heavy atom. The highest BCUT2D eigenvalue weighted by Crippen LogP contribution is 2.57. The summed E-state index contributed by atoms with van der Waals surface area (Å²) in [5.74, 6) is 1.75. The van der Waals surface area contributed by atoms with Gasteiger partial charge in [0.05, 0.1) is 5.75 Å². The Hall–Kier alpha value is -0.570. The second-order valence-corrected chi connectivity index (χ2v) is 10.8. The van der Waals surface area contributed by atoms with Crippen LogP contribution >= 0.6 is 0 Å². The lowest BCUT2D eigenvalue weighted by molar-refractivity contribution is 0.146. The number of fused-ring (bicyclic) bond motifs is 1. The van der Waals surface area contributed by atoms with E-state index >= 15 is 0 Å². The normalized spacial score (nSPS) is 44.4.